The van der Waals surface area contributed by atoms with E-state index >= 15 is 0 Å². The Morgan fingerprint density at radius 2 is 1.88 bits per heavy atom. The first kappa shape index (κ1) is 16.7. The van der Waals surface area contributed by atoms with Crippen LogP contribution in [0.25, 0.3) is 0 Å². The summed E-state index contributed by atoms with van der Waals surface area (Å²) in [4.78, 5) is 15.8. The number of benzene rings is 1. The summed E-state index contributed by atoms with van der Waals surface area (Å²) in [7, 11) is -3.67. The van der Waals surface area contributed by atoms with Gasteiger partial charge in [-0.1, -0.05) is 18.2 Å². The second kappa shape index (κ2) is 6.17. The summed E-state index contributed by atoms with van der Waals surface area (Å²) in [5, 5.41) is 2.86. The number of hydrogen-bond acceptors (Lipinski definition) is 3. The molecule has 4 rings (SSSR count). The summed E-state index contributed by atoms with van der Waals surface area (Å²) in [5.41, 5.74) is 3.94. The van der Waals surface area contributed by atoms with Gasteiger partial charge in [0, 0.05) is 42.7 Å². The summed E-state index contributed by atoms with van der Waals surface area (Å²) in [6.07, 6.45) is 2.67. The molecular formula is C19H19N3O3S. The fraction of sp³-hybridized carbons (Fsp3) is 0.211. The van der Waals surface area contributed by atoms with E-state index in [0.717, 1.165) is 23.4 Å². The number of aromatic amines is 1. The first-order valence-corrected chi connectivity index (χ1v) is 9.88. The zero-order valence-electron chi connectivity index (χ0n) is 14.3. The molecule has 0 saturated carbocycles. The summed E-state index contributed by atoms with van der Waals surface area (Å²) >= 11 is 0. The lowest BCUT2D eigenvalue weighted by molar-refractivity contribution is 0.0945. The number of aromatic nitrogens is 2. The fourth-order valence-corrected chi connectivity index (χ4v) is 4.86. The third-order valence-electron chi connectivity index (χ3n) is 4.73. The van der Waals surface area contributed by atoms with Crippen molar-refractivity contribution in [3.8, 4) is 0 Å². The zero-order valence-corrected chi connectivity index (χ0v) is 15.1. The third-order valence-corrected chi connectivity index (χ3v) is 6.48. The number of amides is 1. The van der Waals surface area contributed by atoms with Gasteiger partial charge in [0.25, 0.3) is 15.9 Å². The van der Waals surface area contributed by atoms with Crippen LogP contribution >= 0.6 is 0 Å². The number of nitrogens with one attached hydrogen (secondary N) is 2. The maximum absolute atomic E-state index is 13.0. The predicted molar refractivity (Wildman–Crippen MR) is 97.8 cm³/mol. The molecule has 1 aromatic carbocycles. The largest absolute Gasteiger partial charge is 0.362 e. The van der Waals surface area contributed by atoms with E-state index in [0.29, 0.717) is 24.2 Å². The van der Waals surface area contributed by atoms with Crippen LogP contribution in [0.3, 0.4) is 0 Å². The van der Waals surface area contributed by atoms with E-state index in [1.54, 1.807) is 48.7 Å². The second-order valence-electron chi connectivity index (χ2n) is 6.38. The van der Waals surface area contributed by atoms with Crippen LogP contribution in [0.5, 0.6) is 0 Å². The Bertz CT molecular complexity index is 1080. The van der Waals surface area contributed by atoms with Gasteiger partial charge in [0.15, 0.2) is 0 Å². The van der Waals surface area contributed by atoms with Gasteiger partial charge in [-0.05, 0) is 36.8 Å². The molecule has 0 bridgehead atoms. The van der Waals surface area contributed by atoms with Crippen LogP contribution in [-0.4, -0.2) is 29.8 Å². The van der Waals surface area contributed by atoms with Gasteiger partial charge in [0.1, 0.15) is 0 Å². The highest BCUT2D eigenvalue weighted by Crippen LogP contribution is 2.26. The lowest BCUT2D eigenvalue weighted by atomic mass is 10.00. The van der Waals surface area contributed by atoms with Gasteiger partial charge < -0.3 is 10.3 Å². The number of hydrogen-bond donors (Lipinski definition) is 2. The maximum Gasteiger partial charge on any atom is 0.267 e. The molecule has 1 amide bonds. The Kier molecular flexibility index (Phi) is 3.96. The van der Waals surface area contributed by atoms with Crippen molar-refractivity contribution in [1.82, 2.24) is 14.3 Å². The molecule has 26 heavy (non-hydrogen) atoms. The molecule has 0 fully saturated rings. The highest BCUT2D eigenvalue weighted by molar-refractivity contribution is 7.90. The van der Waals surface area contributed by atoms with Crippen molar-refractivity contribution in [3.63, 3.8) is 0 Å². The molecule has 134 valence electrons. The van der Waals surface area contributed by atoms with Crippen LogP contribution < -0.4 is 5.32 Å². The van der Waals surface area contributed by atoms with Crippen LogP contribution in [0.1, 0.15) is 33.0 Å². The van der Waals surface area contributed by atoms with Crippen LogP contribution in [0, 0.1) is 6.92 Å². The van der Waals surface area contributed by atoms with Gasteiger partial charge in [-0.2, -0.15) is 0 Å². The minimum Gasteiger partial charge on any atom is -0.362 e. The molecule has 3 aromatic rings. The molecule has 0 unspecified atom stereocenters. The smallest absolute Gasteiger partial charge is 0.267 e. The average molecular weight is 369 g/mol. The minimum absolute atomic E-state index is 0.102. The standard InChI is InChI=1S/C19H19N3O3S/c1-13-16(18-17(21-13)9-10-20-19(18)23)12-14-6-5-11-22(14)26(24,25)15-7-3-2-4-8-15/h2-8,11,21H,9-10,12H2,1H3,(H,20,23). The SMILES string of the molecule is Cc1[nH]c2c(c1Cc1cccn1S(=O)(=O)c1ccccc1)C(=O)NCC2. The van der Waals surface area contributed by atoms with E-state index in [4.69, 9.17) is 0 Å². The number of fused-ring (bicyclic) bond motifs is 1. The van der Waals surface area contributed by atoms with Crippen molar-refractivity contribution in [2.45, 2.75) is 24.7 Å². The van der Waals surface area contributed by atoms with Gasteiger partial charge in [0.05, 0.1) is 10.5 Å². The van der Waals surface area contributed by atoms with Crippen molar-refractivity contribution in [2.24, 2.45) is 0 Å². The van der Waals surface area contributed by atoms with Gasteiger partial charge in [-0.3, -0.25) is 4.79 Å². The minimum atomic E-state index is -3.67. The fourth-order valence-electron chi connectivity index (χ4n) is 3.47. The van der Waals surface area contributed by atoms with Crippen molar-refractivity contribution >= 4 is 15.9 Å². The summed E-state index contributed by atoms with van der Waals surface area (Å²) in [6, 6.07) is 11.8. The molecule has 7 heteroatoms. The summed E-state index contributed by atoms with van der Waals surface area (Å²) in [5.74, 6) is -0.102. The number of aryl methyl sites for hydroxylation is 1. The Morgan fingerprint density at radius 1 is 1.12 bits per heavy atom. The van der Waals surface area contributed by atoms with Gasteiger partial charge in [-0.15, -0.1) is 0 Å². The molecule has 0 saturated heterocycles. The molecule has 0 spiro atoms. The highest BCUT2D eigenvalue weighted by Gasteiger charge is 2.26. The Hall–Kier alpha value is -2.80. The summed E-state index contributed by atoms with van der Waals surface area (Å²) < 4.78 is 27.2. The Morgan fingerprint density at radius 3 is 2.65 bits per heavy atom. The maximum atomic E-state index is 13.0. The lowest BCUT2D eigenvalue weighted by Gasteiger charge is -2.15. The van der Waals surface area contributed by atoms with Gasteiger partial charge in [0.2, 0.25) is 0 Å². The average Bonchev–Trinajstić information content (AvgIpc) is 3.22. The number of nitrogens with zero attached hydrogens (tertiary/aromatic N) is 1. The normalized spacial score (nSPS) is 14.1. The van der Waals surface area contributed by atoms with Crippen LogP contribution in [0.2, 0.25) is 0 Å². The molecule has 6 nitrogen and oxygen atoms in total. The predicted octanol–water partition coefficient (Wildman–Crippen LogP) is 2.24. The van der Waals surface area contributed by atoms with E-state index in [1.807, 2.05) is 6.92 Å². The van der Waals surface area contributed by atoms with Gasteiger partial charge in [-0.25, -0.2) is 12.4 Å². The first-order chi connectivity index (χ1) is 12.5. The quantitative estimate of drug-likeness (QED) is 0.740. The number of carbonyl (C=O) groups is 1. The number of carbonyl (C=O) groups excluding carboxylic acids is 1. The highest BCUT2D eigenvalue weighted by atomic mass is 32.2. The summed E-state index contributed by atoms with van der Waals surface area (Å²) in [6.45, 7) is 2.53. The molecule has 2 N–H and O–H groups in total. The van der Waals surface area contributed by atoms with E-state index in [2.05, 4.69) is 10.3 Å². The molecule has 1 aliphatic heterocycles. The molecule has 1 aliphatic rings. The molecule has 3 heterocycles. The topological polar surface area (TPSA) is 84.0 Å². The number of H-pyrrole nitrogens is 1. The zero-order chi connectivity index (χ0) is 18.3. The third kappa shape index (κ3) is 2.64. The molecule has 2 aromatic heterocycles. The van der Waals surface area contributed by atoms with Crippen molar-refractivity contribution in [1.29, 1.82) is 0 Å². The second-order valence-corrected chi connectivity index (χ2v) is 8.19. The molecular weight excluding hydrogens is 350 g/mol. The molecule has 0 aliphatic carbocycles. The molecule has 0 atom stereocenters. The van der Waals surface area contributed by atoms with Crippen molar-refractivity contribution in [3.05, 3.63) is 76.9 Å². The van der Waals surface area contributed by atoms with E-state index in [9.17, 15) is 13.2 Å². The van der Waals surface area contributed by atoms with Crippen LogP contribution in [-0.2, 0) is 22.9 Å². The Labute approximate surface area is 151 Å². The van der Waals surface area contributed by atoms with E-state index < -0.39 is 10.0 Å². The first-order valence-electron chi connectivity index (χ1n) is 8.44. The van der Waals surface area contributed by atoms with Crippen LogP contribution in [0.4, 0.5) is 0 Å². The Balaban J connectivity index is 1.76. The van der Waals surface area contributed by atoms with Gasteiger partial charge >= 0.3 is 0 Å². The monoisotopic (exact) mass is 369 g/mol. The number of rotatable bonds is 4. The van der Waals surface area contributed by atoms with Crippen LogP contribution in [0.15, 0.2) is 53.6 Å². The van der Waals surface area contributed by atoms with Crippen molar-refractivity contribution < 1.29 is 13.2 Å². The van der Waals surface area contributed by atoms with E-state index in [-0.39, 0.29) is 10.8 Å². The van der Waals surface area contributed by atoms with Crippen molar-refractivity contribution in [2.75, 3.05) is 6.54 Å². The lowest BCUT2D eigenvalue weighted by Crippen LogP contribution is -2.32. The molecule has 0 radical (unpaired) electrons. The van der Waals surface area contributed by atoms with E-state index in [1.165, 1.54) is 3.97 Å².